The number of carboxylic acid groups (broad SMARTS) is 1. The first-order chi connectivity index (χ1) is 7.82. The number of nitrogens with zero attached hydrogens (tertiary/aromatic N) is 1. The molecule has 0 saturated carbocycles. The predicted molar refractivity (Wildman–Crippen MR) is 59.1 cm³/mol. The van der Waals surface area contributed by atoms with E-state index in [1.807, 2.05) is 0 Å². The van der Waals surface area contributed by atoms with Crippen LogP contribution >= 0.6 is 0 Å². The highest BCUT2D eigenvalue weighted by Gasteiger charge is 2.38. The number of aliphatic carboxylic acids is 1. The van der Waals surface area contributed by atoms with Crippen LogP contribution in [0.15, 0.2) is 0 Å². The lowest BCUT2D eigenvalue weighted by atomic mass is 9.86. The van der Waals surface area contributed by atoms with Crippen LogP contribution in [0.5, 0.6) is 0 Å². The number of hydrogen-bond donors (Lipinski definition) is 3. The van der Waals surface area contributed by atoms with Crippen LogP contribution < -0.4 is 11.1 Å². The lowest BCUT2D eigenvalue weighted by molar-refractivity contribution is -0.151. The smallest absolute Gasteiger partial charge is 0.312 e. The zero-order valence-electron chi connectivity index (χ0n) is 9.84. The van der Waals surface area contributed by atoms with Gasteiger partial charge in [0.15, 0.2) is 0 Å². The first kappa shape index (κ1) is 13.3. The largest absolute Gasteiger partial charge is 0.481 e. The Labute approximate surface area is 98.9 Å². The van der Waals surface area contributed by atoms with Crippen LogP contribution in [0.2, 0.25) is 0 Å². The molecule has 4 N–H and O–H groups in total. The zero-order chi connectivity index (χ0) is 13.2. The third kappa shape index (κ3) is 3.08. The average molecular weight is 243 g/mol. The van der Waals surface area contributed by atoms with Crippen LogP contribution in [0, 0.1) is 11.8 Å². The summed E-state index contributed by atoms with van der Waals surface area (Å²) in [6.07, 6.45) is 0. The molecular formula is C10H17N3O4. The fourth-order valence-electron chi connectivity index (χ4n) is 1.76. The molecule has 1 aliphatic heterocycles. The van der Waals surface area contributed by atoms with E-state index in [1.54, 1.807) is 13.8 Å². The molecule has 1 aliphatic rings. The van der Waals surface area contributed by atoms with Crippen molar-refractivity contribution in [2.75, 3.05) is 13.1 Å². The van der Waals surface area contributed by atoms with Gasteiger partial charge < -0.3 is 21.1 Å². The second-order valence-electron chi connectivity index (χ2n) is 4.36. The maximum atomic E-state index is 11.7. The predicted octanol–water partition coefficient (Wildman–Crippen LogP) is -0.778. The lowest BCUT2D eigenvalue weighted by Gasteiger charge is -2.42. The van der Waals surface area contributed by atoms with E-state index in [0.717, 1.165) is 0 Å². The van der Waals surface area contributed by atoms with Crippen molar-refractivity contribution in [3.63, 3.8) is 0 Å². The molecule has 0 bridgehead atoms. The van der Waals surface area contributed by atoms with Gasteiger partial charge in [-0.15, -0.1) is 0 Å². The Morgan fingerprint density at radius 3 is 2.29 bits per heavy atom. The van der Waals surface area contributed by atoms with Crippen LogP contribution in [0.1, 0.15) is 13.8 Å². The summed E-state index contributed by atoms with van der Waals surface area (Å²) in [6.45, 7) is 4.00. The van der Waals surface area contributed by atoms with Crippen LogP contribution in [-0.4, -0.2) is 47.0 Å². The molecule has 7 nitrogen and oxygen atoms in total. The zero-order valence-corrected chi connectivity index (χ0v) is 9.84. The molecule has 1 heterocycles. The number of rotatable bonds is 4. The Kier molecular flexibility index (Phi) is 3.93. The fourth-order valence-corrected chi connectivity index (χ4v) is 1.76. The molecule has 2 atom stereocenters. The second kappa shape index (κ2) is 5.03. The minimum Gasteiger partial charge on any atom is -0.481 e. The van der Waals surface area contributed by atoms with Gasteiger partial charge in [0.25, 0.3) is 0 Å². The summed E-state index contributed by atoms with van der Waals surface area (Å²) < 4.78 is 0. The molecule has 1 saturated heterocycles. The highest BCUT2D eigenvalue weighted by molar-refractivity contribution is 5.86. The third-order valence-electron chi connectivity index (χ3n) is 3.05. The van der Waals surface area contributed by atoms with Crippen LogP contribution in [0.25, 0.3) is 0 Å². The summed E-state index contributed by atoms with van der Waals surface area (Å²) >= 11 is 0. The second-order valence-corrected chi connectivity index (χ2v) is 4.36. The van der Waals surface area contributed by atoms with Crippen LogP contribution in [-0.2, 0) is 9.59 Å². The molecule has 0 aromatic heterocycles. The third-order valence-corrected chi connectivity index (χ3v) is 3.05. The number of carboxylic acids is 1. The van der Waals surface area contributed by atoms with Gasteiger partial charge in [-0.2, -0.15) is 0 Å². The Bertz CT molecular complexity index is 338. The van der Waals surface area contributed by atoms with Crippen molar-refractivity contribution in [2.45, 2.75) is 19.9 Å². The monoisotopic (exact) mass is 243 g/mol. The van der Waals surface area contributed by atoms with Crippen molar-refractivity contribution >= 4 is 17.9 Å². The number of hydrogen-bond acceptors (Lipinski definition) is 3. The normalized spacial score (nSPS) is 19.1. The van der Waals surface area contributed by atoms with E-state index >= 15 is 0 Å². The minimum absolute atomic E-state index is 0.0165. The van der Waals surface area contributed by atoms with Crippen LogP contribution in [0.3, 0.4) is 0 Å². The van der Waals surface area contributed by atoms with Crippen molar-refractivity contribution in [1.82, 2.24) is 10.2 Å². The minimum atomic E-state index is -0.856. The number of carbonyl (C=O) groups is 3. The molecule has 3 amide bonds. The molecular weight excluding hydrogens is 226 g/mol. The van der Waals surface area contributed by atoms with E-state index in [-0.39, 0.29) is 11.8 Å². The van der Waals surface area contributed by atoms with Gasteiger partial charge in [0.1, 0.15) is 6.04 Å². The number of nitrogens with one attached hydrogen (secondary N) is 1. The number of likely N-dealkylation sites (tertiary alicyclic amines) is 1. The Morgan fingerprint density at radius 1 is 1.35 bits per heavy atom. The van der Waals surface area contributed by atoms with Gasteiger partial charge >= 0.3 is 12.0 Å². The molecule has 96 valence electrons. The van der Waals surface area contributed by atoms with Gasteiger partial charge in [0.2, 0.25) is 5.91 Å². The van der Waals surface area contributed by atoms with Crippen LogP contribution in [0.4, 0.5) is 4.79 Å². The van der Waals surface area contributed by atoms with Gasteiger partial charge in [-0.25, -0.2) is 4.79 Å². The maximum Gasteiger partial charge on any atom is 0.312 e. The molecule has 7 heteroatoms. The number of nitrogens with two attached hydrogens (primary N) is 1. The summed E-state index contributed by atoms with van der Waals surface area (Å²) in [4.78, 5) is 34.5. The number of amides is 3. The molecule has 0 aliphatic carbocycles. The van der Waals surface area contributed by atoms with Crippen molar-refractivity contribution in [2.24, 2.45) is 17.6 Å². The summed E-state index contributed by atoms with van der Waals surface area (Å²) in [5.41, 5.74) is 4.91. The summed E-state index contributed by atoms with van der Waals surface area (Å²) in [6, 6.07) is -1.42. The van der Waals surface area contributed by atoms with E-state index < -0.39 is 24.0 Å². The van der Waals surface area contributed by atoms with Crippen molar-refractivity contribution in [3.05, 3.63) is 0 Å². The lowest BCUT2D eigenvalue weighted by Crippen LogP contribution is -2.58. The van der Waals surface area contributed by atoms with Crippen molar-refractivity contribution in [3.8, 4) is 0 Å². The van der Waals surface area contributed by atoms with Gasteiger partial charge in [0.05, 0.1) is 5.92 Å². The Morgan fingerprint density at radius 2 is 1.88 bits per heavy atom. The highest BCUT2D eigenvalue weighted by atomic mass is 16.4. The van der Waals surface area contributed by atoms with Crippen molar-refractivity contribution < 1.29 is 19.5 Å². The number of urea groups is 1. The molecule has 0 aromatic rings. The fraction of sp³-hybridized carbons (Fsp3) is 0.700. The Hall–Kier alpha value is -1.79. The Balaban J connectivity index is 2.39. The molecule has 0 radical (unpaired) electrons. The van der Waals surface area contributed by atoms with E-state index in [9.17, 15) is 14.4 Å². The number of primary amides is 1. The molecule has 0 spiro atoms. The van der Waals surface area contributed by atoms with E-state index in [2.05, 4.69) is 5.32 Å². The quantitative estimate of drug-likeness (QED) is 0.601. The molecule has 1 fully saturated rings. The summed E-state index contributed by atoms with van der Waals surface area (Å²) in [5, 5.41) is 11.1. The molecule has 1 rings (SSSR count). The standard InChI is InChI=1S/C10H17N3O4/c1-5(9(15)16)7-3-13(4-7)8(14)6(2)12-10(11)17/h5-7H,3-4H2,1-2H3,(H,15,16)(H3,11,12,17). The summed E-state index contributed by atoms with van der Waals surface area (Å²) in [7, 11) is 0. The van der Waals surface area contributed by atoms with Crippen molar-refractivity contribution in [1.29, 1.82) is 0 Å². The average Bonchev–Trinajstić information content (AvgIpc) is 2.13. The van der Waals surface area contributed by atoms with E-state index in [4.69, 9.17) is 10.8 Å². The molecule has 17 heavy (non-hydrogen) atoms. The van der Waals surface area contributed by atoms with Gasteiger partial charge in [-0.1, -0.05) is 6.92 Å². The number of carbonyl (C=O) groups excluding carboxylic acids is 2. The SMILES string of the molecule is CC(NC(N)=O)C(=O)N1CC(C(C)C(=O)O)C1. The van der Waals surface area contributed by atoms with E-state index in [0.29, 0.717) is 13.1 Å². The molecule has 2 unspecified atom stereocenters. The maximum absolute atomic E-state index is 11.7. The first-order valence-corrected chi connectivity index (χ1v) is 5.40. The molecule has 0 aromatic carbocycles. The summed E-state index contributed by atoms with van der Waals surface area (Å²) in [5.74, 6) is -1.57. The van der Waals surface area contributed by atoms with E-state index in [1.165, 1.54) is 4.90 Å². The van der Waals surface area contributed by atoms with Gasteiger partial charge in [-0.05, 0) is 6.92 Å². The van der Waals surface area contributed by atoms with Gasteiger partial charge in [0, 0.05) is 19.0 Å². The topological polar surface area (TPSA) is 113 Å². The van der Waals surface area contributed by atoms with Gasteiger partial charge in [-0.3, -0.25) is 9.59 Å². The highest BCUT2D eigenvalue weighted by Crippen LogP contribution is 2.24. The first-order valence-electron chi connectivity index (χ1n) is 5.40.